The monoisotopic (exact) mass is 434 g/mol. The zero-order valence-electron chi connectivity index (χ0n) is 12.7. The van der Waals surface area contributed by atoms with Gasteiger partial charge in [0, 0.05) is 19.1 Å². The molecule has 8 heteroatoms. The predicted molar refractivity (Wildman–Crippen MR) is 99.6 cm³/mol. The van der Waals surface area contributed by atoms with Crippen molar-refractivity contribution in [2.45, 2.75) is 19.5 Å². The van der Waals surface area contributed by atoms with Gasteiger partial charge in [-0.25, -0.2) is 4.98 Å². The van der Waals surface area contributed by atoms with Gasteiger partial charge in [-0.2, -0.15) is 5.10 Å². The quantitative estimate of drug-likeness (QED) is 0.441. The molecule has 1 unspecified atom stereocenters. The maximum atomic E-state index is 5.90. The van der Waals surface area contributed by atoms with Crippen molar-refractivity contribution < 1.29 is 0 Å². The molecule has 1 heterocycles. The average molecular weight is 435 g/mol. The van der Waals surface area contributed by atoms with E-state index in [1.807, 2.05) is 31.3 Å². The Kier molecular flexibility index (Phi) is 7.60. The number of aryl methyl sites for hydroxylation is 1. The number of benzene rings is 1. The third-order valence-corrected chi connectivity index (χ3v) is 3.42. The van der Waals surface area contributed by atoms with Crippen LogP contribution >= 0.6 is 35.6 Å². The first-order valence-corrected chi connectivity index (χ1v) is 7.03. The van der Waals surface area contributed by atoms with Crippen molar-refractivity contribution in [2.75, 3.05) is 7.05 Å². The minimum absolute atomic E-state index is 0. The van der Waals surface area contributed by atoms with Crippen LogP contribution in [0.5, 0.6) is 0 Å². The van der Waals surface area contributed by atoms with Crippen LogP contribution in [0, 0.1) is 0 Å². The van der Waals surface area contributed by atoms with Gasteiger partial charge in [-0.3, -0.25) is 9.67 Å². The lowest BCUT2D eigenvalue weighted by molar-refractivity contribution is 0.651. The molecule has 0 amide bonds. The van der Waals surface area contributed by atoms with E-state index in [1.165, 1.54) is 6.33 Å². The zero-order valence-corrected chi connectivity index (χ0v) is 15.8. The molecule has 0 radical (unpaired) electrons. The summed E-state index contributed by atoms with van der Waals surface area (Å²) in [4.78, 5) is 8.37. The summed E-state index contributed by atoms with van der Waals surface area (Å²) in [7, 11) is 3.59. The summed E-state index contributed by atoms with van der Waals surface area (Å²) in [5, 5.41) is 11.3. The molecule has 6 nitrogen and oxygen atoms in total. The van der Waals surface area contributed by atoms with Gasteiger partial charge in [0.25, 0.3) is 0 Å². The van der Waals surface area contributed by atoms with E-state index in [2.05, 4.69) is 32.6 Å². The van der Waals surface area contributed by atoms with E-state index in [0.717, 1.165) is 16.4 Å². The van der Waals surface area contributed by atoms with Crippen molar-refractivity contribution in [2.24, 2.45) is 12.0 Å². The fraction of sp³-hybridized carbons (Fsp3) is 0.357. The molecule has 0 spiro atoms. The Morgan fingerprint density at radius 1 is 1.36 bits per heavy atom. The highest BCUT2D eigenvalue weighted by atomic mass is 127. The lowest BCUT2D eigenvalue weighted by Crippen LogP contribution is -2.38. The highest BCUT2D eigenvalue weighted by Crippen LogP contribution is 2.15. The number of aromatic nitrogens is 3. The predicted octanol–water partition coefficient (Wildman–Crippen LogP) is 2.51. The highest BCUT2D eigenvalue weighted by molar-refractivity contribution is 14.0. The molecule has 1 aromatic carbocycles. The van der Waals surface area contributed by atoms with Crippen molar-refractivity contribution >= 4 is 41.5 Å². The van der Waals surface area contributed by atoms with Crippen molar-refractivity contribution in [3.63, 3.8) is 0 Å². The zero-order chi connectivity index (χ0) is 15.2. The molecule has 0 bridgehead atoms. The molecule has 1 aromatic heterocycles. The van der Waals surface area contributed by atoms with Crippen LogP contribution in [-0.2, 0) is 13.6 Å². The molecular formula is C14H20ClIN6. The van der Waals surface area contributed by atoms with Crippen LogP contribution in [0.25, 0.3) is 0 Å². The number of halogens is 2. The number of aliphatic imine (C=N–C) groups is 1. The first-order valence-electron chi connectivity index (χ1n) is 6.65. The Bertz CT molecular complexity index is 610. The number of hydrogen-bond acceptors (Lipinski definition) is 3. The number of nitrogens with one attached hydrogen (secondary N) is 2. The Morgan fingerprint density at radius 2 is 2.05 bits per heavy atom. The number of nitrogens with zero attached hydrogens (tertiary/aromatic N) is 4. The second-order valence-corrected chi connectivity index (χ2v) is 5.08. The SMILES string of the molecule is CN=C(NCc1ncnn1C)NC(C)c1ccc(Cl)cc1.I. The van der Waals surface area contributed by atoms with E-state index in [9.17, 15) is 0 Å². The minimum Gasteiger partial charge on any atom is -0.350 e. The van der Waals surface area contributed by atoms with E-state index < -0.39 is 0 Å². The normalized spacial score (nSPS) is 12.5. The summed E-state index contributed by atoms with van der Waals surface area (Å²) < 4.78 is 1.73. The molecule has 0 saturated heterocycles. The molecule has 2 N–H and O–H groups in total. The Balaban J connectivity index is 0.00000242. The summed E-state index contributed by atoms with van der Waals surface area (Å²) in [6.07, 6.45) is 1.53. The van der Waals surface area contributed by atoms with E-state index in [1.54, 1.807) is 11.7 Å². The molecule has 22 heavy (non-hydrogen) atoms. The maximum absolute atomic E-state index is 5.90. The van der Waals surface area contributed by atoms with Crippen LogP contribution in [0.3, 0.4) is 0 Å². The summed E-state index contributed by atoms with van der Waals surface area (Å²) in [6.45, 7) is 2.63. The minimum atomic E-state index is 0. The first kappa shape index (κ1) is 18.7. The van der Waals surface area contributed by atoms with Crippen LogP contribution < -0.4 is 10.6 Å². The smallest absolute Gasteiger partial charge is 0.191 e. The molecule has 0 aliphatic rings. The molecule has 1 atom stereocenters. The fourth-order valence-corrected chi connectivity index (χ4v) is 2.00. The molecular weight excluding hydrogens is 415 g/mol. The first-order chi connectivity index (χ1) is 10.1. The van der Waals surface area contributed by atoms with Crippen LogP contribution in [0.4, 0.5) is 0 Å². The van der Waals surface area contributed by atoms with E-state index in [4.69, 9.17) is 11.6 Å². The van der Waals surface area contributed by atoms with Gasteiger partial charge in [-0.05, 0) is 24.6 Å². The molecule has 0 aliphatic heterocycles. The van der Waals surface area contributed by atoms with Gasteiger partial charge in [0.2, 0.25) is 0 Å². The largest absolute Gasteiger partial charge is 0.350 e. The lowest BCUT2D eigenvalue weighted by atomic mass is 10.1. The van der Waals surface area contributed by atoms with Gasteiger partial charge in [0.1, 0.15) is 12.2 Å². The van der Waals surface area contributed by atoms with E-state index in [-0.39, 0.29) is 30.0 Å². The molecule has 2 aromatic rings. The summed E-state index contributed by atoms with van der Waals surface area (Å²) in [6, 6.07) is 7.87. The third kappa shape index (κ3) is 5.13. The molecule has 120 valence electrons. The van der Waals surface area contributed by atoms with Gasteiger partial charge in [0.05, 0.1) is 12.6 Å². The standard InChI is InChI=1S/C14H19ClN6.HI/c1-10(11-4-6-12(15)7-5-11)20-14(16-2)17-8-13-18-9-19-21(13)3;/h4-7,9-10H,8H2,1-3H3,(H2,16,17,20);1H. The molecule has 0 fully saturated rings. The second-order valence-electron chi connectivity index (χ2n) is 4.64. The molecule has 2 rings (SSSR count). The Morgan fingerprint density at radius 3 is 2.59 bits per heavy atom. The van der Waals surface area contributed by atoms with Gasteiger partial charge in [0.15, 0.2) is 5.96 Å². The van der Waals surface area contributed by atoms with Crippen LogP contribution in [0.15, 0.2) is 35.6 Å². The summed E-state index contributed by atoms with van der Waals surface area (Å²) in [5.74, 6) is 1.55. The van der Waals surface area contributed by atoms with Gasteiger partial charge in [-0.15, -0.1) is 24.0 Å². The lowest BCUT2D eigenvalue weighted by Gasteiger charge is -2.18. The third-order valence-electron chi connectivity index (χ3n) is 3.17. The van der Waals surface area contributed by atoms with Crippen LogP contribution in [0.1, 0.15) is 24.4 Å². The summed E-state index contributed by atoms with van der Waals surface area (Å²) >= 11 is 5.90. The average Bonchev–Trinajstić information content (AvgIpc) is 2.89. The van der Waals surface area contributed by atoms with Gasteiger partial charge < -0.3 is 10.6 Å². The van der Waals surface area contributed by atoms with Crippen LogP contribution in [0.2, 0.25) is 5.02 Å². The van der Waals surface area contributed by atoms with Gasteiger partial charge in [-0.1, -0.05) is 23.7 Å². The second kappa shape index (κ2) is 8.94. The van der Waals surface area contributed by atoms with Crippen molar-refractivity contribution in [1.29, 1.82) is 0 Å². The van der Waals surface area contributed by atoms with E-state index in [0.29, 0.717) is 12.5 Å². The molecule has 0 aliphatic carbocycles. The van der Waals surface area contributed by atoms with Gasteiger partial charge >= 0.3 is 0 Å². The van der Waals surface area contributed by atoms with Crippen molar-refractivity contribution in [1.82, 2.24) is 25.4 Å². The number of guanidine groups is 1. The number of rotatable bonds is 4. The maximum Gasteiger partial charge on any atom is 0.191 e. The van der Waals surface area contributed by atoms with Crippen molar-refractivity contribution in [3.8, 4) is 0 Å². The highest BCUT2D eigenvalue weighted by Gasteiger charge is 2.08. The number of hydrogen-bond donors (Lipinski definition) is 2. The Labute approximate surface area is 152 Å². The van der Waals surface area contributed by atoms with Crippen LogP contribution in [-0.4, -0.2) is 27.8 Å². The topological polar surface area (TPSA) is 67.1 Å². The summed E-state index contributed by atoms with van der Waals surface area (Å²) in [5.41, 5.74) is 1.14. The van der Waals surface area contributed by atoms with Crippen molar-refractivity contribution in [3.05, 3.63) is 47.0 Å². The fourth-order valence-electron chi connectivity index (χ4n) is 1.88. The molecule has 0 saturated carbocycles. The Hall–Kier alpha value is -1.35. The van der Waals surface area contributed by atoms with E-state index >= 15 is 0 Å².